The molecule has 0 spiro atoms. The molecule has 2 rings (SSSR count). The van der Waals surface area contributed by atoms with E-state index in [4.69, 9.17) is 22.1 Å². The second kappa shape index (κ2) is 5.30. The van der Waals surface area contributed by atoms with Crippen molar-refractivity contribution in [2.24, 2.45) is 0 Å². The van der Waals surface area contributed by atoms with Gasteiger partial charge in [0.1, 0.15) is 10.8 Å². The highest BCUT2D eigenvalue weighted by molar-refractivity contribution is 6.31. The number of hydrogen-bond acceptors (Lipinski definition) is 6. The van der Waals surface area contributed by atoms with Crippen molar-refractivity contribution in [1.29, 1.82) is 0 Å². The number of rotatable bonds is 3. The number of halogens is 1. The predicted molar refractivity (Wildman–Crippen MR) is 74.1 cm³/mol. The van der Waals surface area contributed by atoms with Crippen molar-refractivity contribution < 1.29 is 9.66 Å². The molecule has 2 aromatic rings. The van der Waals surface area contributed by atoms with Crippen LogP contribution in [0.3, 0.4) is 0 Å². The van der Waals surface area contributed by atoms with Crippen molar-refractivity contribution in [2.75, 3.05) is 5.73 Å². The van der Waals surface area contributed by atoms with Crippen LogP contribution in [-0.4, -0.2) is 14.9 Å². The maximum absolute atomic E-state index is 10.8. The van der Waals surface area contributed by atoms with Gasteiger partial charge in [-0.2, -0.15) is 4.98 Å². The quantitative estimate of drug-likeness (QED) is 0.689. The lowest BCUT2D eigenvalue weighted by atomic mass is 10.1. The number of aromatic nitrogens is 2. The Balaban J connectivity index is 2.42. The summed E-state index contributed by atoms with van der Waals surface area (Å²) in [5.41, 5.74) is 6.57. The molecule has 0 aliphatic carbocycles. The van der Waals surface area contributed by atoms with E-state index in [-0.39, 0.29) is 22.5 Å². The lowest BCUT2D eigenvalue weighted by Crippen LogP contribution is -1.99. The zero-order chi connectivity index (χ0) is 14.9. The molecule has 1 heterocycles. The highest BCUT2D eigenvalue weighted by Crippen LogP contribution is 2.33. The van der Waals surface area contributed by atoms with E-state index >= 15 is 0 Å². The molecule has 0 saturated heterocycles. The van der Waals surface area contributed by atoms with E-state index in [0.29, 0.717) is 16.9 Å². The van der Waals surface area contributed by atoms with Gasteiger partial charge in [-0.25, -0.2) is 4.98 Å². The van der Waals surface area contributed by atoms with Crippen molar-refractivity contribution >= 4 is 23.2 Å². The molecule has 104 valence electrons. The van der Waals surface area contributed by atoms with Gasteiger partial charge in [-0.1, -0.05) is 11.6 Å². The van der Waals surface area contributed by atoms with Crippen LogP contribution in [0.25, 0.3) is 0 Å². The molecule has 0 bridgehead atoms. The predicted octanol–water partition coefficient (Wildman–Crippen LogP) is 3.03. The van der Waals surface area contributed by atoms with Crippen LogP contribution in [0, 0.1) is 24.0 Å². The SMILES string of the molecule is Cc1cc([N+](=O)[O-])c(C)cc1Oc1nc(N)ncc1Cl. The molecule has 0 radical (unpaired) electrons. The van der Waals surface area contributed by atoms with E-state index in [0.717, 1.165) is 0 Å². The number of nitro groups is 1. The summed E-state index contributed by atoms with van der Waals surface area (Å²) in [6.45, 7) is 3.32. The number of nitrogens with zero attached hydrogens (tertiary/aromatic N) is 3. The number of aryl methyl sites for hydroxylation is 2. The van der Waals surface area contributed by atoms with Gasteiger partial charge in [0.25, 0.3) is 5.69 Å². The fourth-order valence-electron chi connectivity index (χ4n) is 1.62. The maximum atomic E-state index is 10.8. The first-order valence-electron chi connectivity index (χ1n) is 5.60. The van der Waals surface area contributed by atoms with Crippen LogP contribution < -0.4 is 10.5 Å². The van der Waals surface area contributed by atoms with Gasteiger partial charge in [0.15, 0.2) is 0 Å². The van der Waals surface area contributed by atoms with E-state index < -0.39 is 4.92 Å². The molecule has 7 nitrogen and oxygen atoms in total. The molecular formula is C12H11ClN4O3. The first-order chi connectivity index (χ1) is 9.38. The van der Waals surface area contributed by atoms with Crippen molar-refractivity contribution in [3.05, 3.63) is 44.6 Å². The summed E-state index contributed by atoms with van der Waals surface area (Å²) < 4.78 is 5.55. The van der Waals surface area contributed by atoms with Gasteiger partial charge in [-0.3, -0.25) is 10.1 Å². The van der Waals surface area contributed by atoms with E-state index in [9.17, 15) is 10.1 Å². The topological polar surface area (TPSA) is 104 Å². The third kappa shape index (κ3) is 2.77. The lowest BCUT2D eigenvalue weighted by molar-refractivity contribution is -0.385. The fourth-order valence-corrected chi connectivity index (χ4v) is 1.75. The Kier molecular flexibility index (Phi) is 3.71. The Morgan fingerprint density at radius 3 is 2.70 bits per heavy atom. The van der Waals surface area contributed by atoms with Crippen molar-refractivity contribution in [1.82, 2.24) is 9.97 Å². The Morgan fingerprint density at radius 2 is 2.05 bits per heavy atom. The largest absolute Gasteiger partial charge is 0.437 e. The molecule has 0 saturated carbocycles. The van der Waals surface area contributed by atoms with E-state index in [1.54, 1.807) is 19.9 Å². The summed E-state index contributed by atoms with van der Waals surface area (Å²) in [6, 6.07) is 2.99. The summed E-state index contributed by atoms with van der Waals surface area (Å²) in [7, 11) is 0. The molecule has 0 unspecified atom stereocenters. The summed E-state index contributed by atoms with van der Waals surface area (Å²) in [4.78, 5) is 18.0. The van der Waals surface area contributed by atoms with Gasteiger partial charge in [-0.15, -0.1) is 0 Å². The zero-order valence-corrected chi connectivity index (χ0v) is 11.5. The van der Waals surface area contributed by atoms with Crippen LogP contribution in [0.4, 0.5) is 11.6 Å². The number of hydrogen-bond donors (Lipinski definition) is 1. The molecule has 20 heavy (non-hydrogen) atoms. The summed E-state index contributed by atoms with van der Waals surface area (Å²) in [5, 5.41) is 11.1. The minimum atomic E-state index is -0.443. The van der Waals surface area contributed by atoms with Crippen LogP contribution in [0.15, 0.2) is 18.3 Å². The van der Waals surface area contributed by atoms with Crippen LogP contribution in [-0.2, 0) is 0 Å². The van der Waals surface area contributed by atoms with Crippen molar-refractivity contribution in [2.45, 2.75) is 13.8 Å². The van der Waals surface area contributed by atoms with E-state index in [1.807, 2.05) is 0 Å². The third-order valence-corrected chi connectivity index (χ3v) is 2.89. The molecule has 0 atom stereocenters. The minimum absolute atomic E-state index is 0.0284. The van der Waals surface area contributed by atoms with Gasteiger partial charge in [0.05, 0.1) is 11.1 Å². The summed E-state index contributed by atoms with van der Waals surface area (Å²) in [5.74, 6) is 0.560. The first kappa shape index (κ1) is 14.0. The lowest BCUT2D eigenvalue weighted by Gasteiger charge is -2.10. The number of anilines is 1. The normalized spacial score (nSPS) is 10.3. The zero-order valence-electron chi connectivity index (χ0n) is 10.8. The standard InChI is InChI=1S/C12H11ClN4O3/c1-6-4-10(7(2)3-9(6)17(18)19)20-11-8(13)5-15-12(14)16-11/h3-5H,1-2H3,(H2,14,15,16). The summed E-state index contributed by atoms with van der Waals surface area (Å²) in [6.07, 6.45) is 1.33. The van der Waals surface area contributed by atoms with Crippen molar-refractivity contribution in [3.63, 3.8) is 0 Å². The Hall–Kier alpha value is -2.41. The molecule has 8 heteroatoms. The number of nitro benzene ring substituents is 1. The molecule has 0 aliphatic rings. The number of nitrogen functional groups attached to an aromatic ring is 1. The average Bonchev–Trinajstić information content (AvgIpc) is 2.37. The van der Waals surface area contributed by atoms with Gasteiger partial charge in [-0.05, 0) is 25.5 Å². The Bertz CT molecular complexity index is 691. The Morgan fingerprint density at radius 1 is 1.35 bits per heavy atom. The summed E-state index contributed by atoms with van der Waals surface area (Å²) >= 11 is 5.91. The van der Waals surface area contributed by atoms with Crippen LogP contribution in [0.5, 0.6) is 11.6 Å². The molecule has 0 fully saturated rings. The fraction of sp³-hybridized carbons (Fsp3) is 0.167. The molecular weight excluding hydrogens is 284 g/mol. The minimum Gasteiger partial charge on any atom is -0.437 e. The van der Waals surface area contributed by atoms with Crippen LogP contribution in [0.2, 0.25) is 5.02 Å². The van der Waals surface area contributed by atoms with Crippen LogP contribution in [0.1, 0.15) is 11.1 Å². The van der Waals surface area contributed by atoms with Crippen LogP contribution >= 0.6 is 11.6 Å². The highest BCUT2D eigenvalue weighted by Gasteiger charge is 2.16. The Labute approximate surface area is 119 Å². The van der Waals surface area contributed by atoms with Gasteiger partial charge in [0, 0.05) is 11.6 Å². The number of ether oxygens (including phenoxy) is 1. The number of nitrogens with two attached hydrogens (primary N) is 1. The van der Waals surface area contributed by atoms with E-state index in [2.05, 4.69) is 9.97 Å². The molecule has 0 aliphatic heterocycles. The third-order valence-electron chi connectivity index (χ3n) is 2.63. The maximum Gasteiger partial charge on any atom is 0.272 e. The molecule has 1 aromatic carbocycles. The highest BCUT2D eigenvalue weighted by atomic mass is 35.5. The molecule has 0 amide bonds. The second-order valence-electron chi connectivity index (χ2n) is 4.14. The van der Waals surface area contributed by atoms with E-state index in [1.165, 1.54) is 12.3 Å². The van der Waals surface area contributed by atoms with Gasteiger partial charge in [0.2, 0.25) is 11.8 Å². The van der Waals surface area contributed by atoms with Crippen molar-refractivity contribution in [3.8, 4) is 11.6 Å². The molecule has 2 N–H and O–H groups in total. The smallest absolute Gasteiger partial charge is 0.272 e. The van der Waals surface area contributed by atoms with Gasteiger partial charge >= 0.3 is 0 Å². The average molecular weight is 295 g/mol. The second-order valence-corrected chi connectivity index (χ2v) is 4.55. The number of benzene rings is 1. The van der Waals surface area contributed by atoms with Gasteiger partial charge < -0.3 is 10.5 Å². The monoisotopic (exact) mass is 294 g/mol. The molecule has 1 aromatic heterocycles. The first-order valence-corrected chi connectivity index (χ1v) is 5.98.